The molecule has 126 valence electrons. The number of carbonyl (C=O) groups excluding carboxylic acids is 1. The number of aromatic nitrogens is 3. The summed E-state index contributed by atoms with van der Waals surface area (Å²) in [6.45, 7) is 1.50. The van der Waals surface area contributed by atoms with Crippen molar-refractivity contribution < 1.29 is 18.7 Å². The highest BCUT2D eigenvalue weighted by molar-refractivity contribution is 5.78. The number of hydrogen-bond acceptors (Lipinski definition) is 5. The van der Waals surface area contributed by atoms with E-state index >= 15 is 0 Å². The second-order valence-corrected chi connectivity index (χ2v) is 5.96. The van der Waals surface area contributed by atoms with Crippen molar-refractivity contribution in [3.8, 4) is 5.75 Å². The molecule has 0 bridgehead atoms. The van der Waals surface area contributed by atoms with E-state index in [1.165, 1.54) is 12.1 Å². The van der Waals surface area contributed by atoms with Crippen molar-refractivity contribution in [2.24, 2.45) is 0 Å². The first-order chi connectivity index (χ1) is 11.7. The number of fused-ring (bicyclic) bond motifs is 3. The predicted molar refractivity (Wildman–Crippen MR) is 80.7 cm³/mol. The van der Waals surface area contributed by atoms with Crippen LogP contribution in [-0.2, 0) is 16.1 Å². The number of halogens is 1. The van der Waals surface area contributed by atoms with E-state index in [0.29, 0.717) is 25.4 Å². The maximum Gasteiger partial charge on any atom is 0.260 e. The van der Waals surface area contributed by atoms with Gasteiger partial charge in [0, 0.05) is 19.2 Å². The topological polar surface area (TPSA) is 69.5 Å². The molecule has 1 aromatic carbocycles. The third-order valence-electron chi connectivity index (χ3n) is 4.44. The smallest absolute Gasteiger partial charge is 0.260 e. The Balaban J connectivity index is 1.40. The fraction of sp³-hybridized carbons (Fsp3) is 0.438. The fourth-order valence-corrected chi connectivity index (χ4v) is 3.20. The molecule has 0 radical (unpaired) electrons. The van der Waals surface area contributed by atoms with Gasteiger partial charge in [0.2, 0.25) is 0 Å². The van der Waals surface area contributed by atoms with Gasteiger partial charge in [-0.25, -0.2) is 9.07 Å². The van der Waals surface area contributed by atoms with Crippen molar-refractivity contribution in [1.29, 1.82) is 0 Å². The lowest BCUT2D eigenvalue weighted by Gasteiger charge is -2.40. The number of amides is 1. The summed E-state index contributed by atoms with van der Waals surface area (Å²) >= 11 is 0. The van der Waals surface area contributed by atoms with Crippen LogP contribution in [0.2, 0.25) is 0 Å². The molecular weight excluding hydrogens is 315 g/mol. The standard InChI is InChI=1S/C16H17FN4O3/c17-11-2-1-3-13(6-11)23-10-16(22)20-5-4-15-14(8-20)21-12(9-24-15)7-18-19-21/h1-3,6-7,14-15H,4-5,8-10H2/t14-,15+/m1/s1. The molecule has 24 heavy (non-hydrogen) atoms. The maximum atomic E-state index is 13.1. The van der Waals surface area contributed by atoms with Crippen molar-refractivity contribution in [3.63, 3.8) is 0 Å². The van der Waals surface area contributed by atoms with Crippen molar-refractivity contribution in [3.05, 3.63) is 42.0 Å². The molecule has 1 fully saturated rings. The van der Waals surface area contributed by atoms with Crippen LogP contribution in [0.1, 0.15) is 18.2 Å². The molecule has 2 aromatic rings. The van der Waals surface area contributed by atoms with Gasteiger partial charge in [-0.1, -0.05) is 11.3 Å². The Labute approximate surface area is 138 Å². The van der Waals surface area contributed by atoms with Crippen LogP contribution in [0.3, 0.4) is 0 Å². The van der Waals surface area contributed by atoms with E-state index in [9.17, 15) is 9.18 Å². The summed E-state index contributed by atoms with van der Waals surface area (Å²) in [5.74, 6) is -0.179. The minimum absolute atomic E-state index is 0.0249. The molecule has 0 unspecified atom stereocenters. The van der Waals surface area contributed by atoms with Crippen LogP contribution >= 0.6 is 0 Å². The first kappa shape index (κ1) is 15.1. The van der Waals surface area contributed by atoms with Crippen molar-refractivity contribution >= 4 is 5.91 Å². The Kier molecular flexibility index (Phi) is 3.89. The summed E-state index contributed by atoms with van der Waals surface area (Å²) in [6, 6.07) is 5.74. The van der Waals surface area contributed by atoms with Gasteiger partial charge in [-0.2, -0.15) is 0 Å². The molecule has 4 rings (SSSR count). The Morgan fingerprint density at radius 3 is 3.25 bits per heavy atom. The van der Waals surface area contributed by atoms with E-state index in [1.54, 1.807) is 23.2 Å². The number of hydrogen-bond donors (Lipinski definition) is 0. The number of ether oxygens (including phenoxy) is 2. The summed E-state index contributed by atoms with van der Waals surface area (Å²) in [5.41, 5.74) is 0.918. The summed E-state index contributed by atoms with van der Waals surface area (Å²) in [4.78, 5) is 14.1. The van der Waals surface area contributed by atoms with Gasteiger partial charge in [0.1, 0.15) is 11.6 Å². The second-order valence-electron chi connectivity index (χ2n) is 5.96. The van der Waals surface area contributed by atoms with Crippen LogP contribution in [0.4, 0.5) is 4.39 Å². The summed E-state index contributed by atoms with van der Waals surface area (Å²) in [6.07, 6.45) is 2.48. The maximum absolute atomic E-state index is 13.1. The number of nitrogens with zero attached hydrogens (tertiary/aromatic N) is 4. The van der Waals surface area contributed by atoms with Crippen molar-refractivity contribution in [1.82, 2.24) is 19.9 Å². The number of likely N-dealkylation sites (tertiary alicyclic amines) is 1. The predicted octanol–water partition coefficient (Wildman–Crippen LogP) is 1.17. The van der Waals surface area contributed by atoms with Gasteiger partial charge in [0.15, 0.2) is 6.61 Å². The Morgan fingerprint density at radius 2 is 2.38 bits per heavy atom. The van der Waals surface area contributed by atoms with Gasteiger partial charge in [0.25, 0.3) is 5.91 Å². The van der Waals surface area contributed by atoms with Crippen LogP contribution in [0.15, 0.2) is 30.5 Å². The molecule has 1 saturated heterocycles. The highest BCUT2D eigenvalue weighted by Crippen LogP contribution is 2.30. The van der Waals surface area contributed by atoms with Gasteiger partial charge in [-0.05, 0) is 18.6 Å². The Hall–Kier alpha value is -2.48. The molecule has 1 amide bonds. The third kappa shape index (κ3) is 2.84. The zero-order valence-electron chi connectivity index (χ0n) is 13.0. The Morgan fingerprint density at radius 1 is 1.46 bits per heavy atom. The lowest BCUT2D eigenvalue weighted by atomic mass is 10.0. The first-order valence-corrected chi connectivity index (χ1v) is 7.87. The van der Waals surface area contributed by atoms with Crippen LogP contribution in [0, 0.1) is 5.82 Å². The van der Waals surface area contributed by atoms with E-state index in [0.717, 1.165) is 12.1 Å². The normalized spacial score (nSPS) is 22.6. The van der Waals surface area contributed by atoms with Crippen molar-refractivity contribution in [2.45, 2.75) is 25.2 Å². The zero-order chi connectivity index (χ0) is 16.5. The van der Waals surface area contributed by atoms with E-state index in [2.05, 4.69) is 10.3 Å². The van der Waals surface area contributed by atoms with E-state index < -0.39 is 0 Å². The zero-order valence-corrected chi connectivity index (χ0v) is 13.0. The monoisotopic (exact) mass is 332 g/mol. The largest absolute Gasteiger partial charge is 0.484 e. The molecule has 0 N–H and O–H groups in total. The Bertz CT molecular complexity index is 750. The van der Waals surface area contributed by atoms with Gasteiger partial charge >= 0.3 is 0 Å². The number of benzene rings is 1. The van der Waals surface area contributed by atoms with Crippen LogP contribution < -0.4 is 4.74 Å². The van der Waals surface area contributed by atoms with Gasteiger partial charge in [0.05, 0.1) is 30.6 Å². The second kappa shape index (κ2) is 6.20. The molecular formula is C16H17FN4O3. The molecule has 2 atom stereocenters. The van der Waals surface area contributed by atoms with Gasteiger partial charge in [-0.15, -0.1) is 5.10 Å². The molecule has 3 heterocycles. The van der Waals surface area contributed by atoms with Crippen LogP contribution in [-0.4, -0.2) is 51.6 Å². The minimum atomic E-state index is -0.390. The molecule has 2 aliphatic heterocycles. The number of carbonyl (C=O) groups is 1. The molecule has 2 aliphatic rings. The quantitative estimate of drug-likeness (QED) is 0.844. The first-order valence-electron chi connectivity index (χ1n) is 7.87. The lowest BCUT2D eigenvalue weighted by molar-refractivity contribution is -0.140. The highest BCUT2D eigenvalue weighted by Gasteiger charge is 2.37. The molecule has 7 nitrogen and oxygen atoms in total. The van der Waals surface area contributed by atoms with E-state index in [-0.39, 0.29) is 30.5 Å². The van der Waals surface area contributed by atoms with Crippen LogP contribution in [0.25, 0.3) is 0 Å². The number of piperidine rings is 1. The van der Waals surface area contributed by atoms with Gasteiger partial charge < -0.3 is 14.4 Å². The molecule has 8 heteroatoms. The third-order valence-corrected chi connectivity index (χ3v) is 4.44. The van der Waals surface area contributed by atoms with Crippen LogP contribution in [0.5, 0.6) is 5.75 Å². The highest BCUT2D eigenvalue weighted by atomic mass is 19.1. The molecule has 0 aliphatic carbocycles. The van der Waals surface area contributed by atoms with E-state index in [1.807, 2.05) is 4.68 Å². The van der Waals surface area contributed by atoms with E-state index in [4.69, 9.17) is 9.47 Å². The summed E-state index contributed by atoms with van der Waals surface area (Å²) < 4.78 is 26.2. The lowest BCUT2D eigenvalue weighted by Crippen LogP contribution is -2.50. The average Bonchev–Trinajstić information content (AvgIpc) is 3.08. The molecule has 0 saturated carbocycles. The summed E-state index contributed by atoms with van der Waals surface area (Å²) in [7, 11) is 0. The molecule has 1 aromatic heterocycles. The number of rotatable bonds is 3. The van der Waals surface area contributed by atoms with Crippen molar-refractivity contribution in [2.75, 3.05) is 19.7 Å². The fourth-order valence-electron chi connectivity index (χ4n) is 3.20. The summed E-state index contributed by atoms with van der Waals surface area (Å²) in [5, 5.41) is 8.03. The molecule has 0 spiro atoms. The average molecular weight is 332 g/mol. The van der Waals surface area contributed by atoms with Gasteiger partial charge in [-0.3, -0.25) is 4.79 Å². The minimum Gasteiger partial charge on any atom is -0.484 e. The SMILES string of the molecule is O=C(COc1cccc(F)c1)N1CC[C@@H]2OCc3cnnn3[C@@H]2C1.